The number of ether oxygens (including phenoxy) is 1. The van der Waals surface area contributed by atoms with Crippen LogP contribution in [0.3, 0.4) is 0 Å². The van der Waals surface area contributed by atoms with Crippen molar-refractivity contribution >= 4 is 34.7 Å². The van der Waals surface area contributed by atoms with Crippen LogP contribution in [-0.4, -0.2) is 17.5 Å². The number of rotatable bonds is 6. The number of anilines is 3. The van der Waals surface area contributed by atoms with Crippen molar-refractivity contribution in [1.82, 2.24) is 4.98 Å². The standard InChI is InChI=1S/C20H18ClN3O2/c1-14-2-6-16(7-3-14)23-19-11-8-17(12-22-19)24-20(25)13-26-18-9-4-15(21)5-10-18/h2-12H,13H2,1H3,(H,22,23)(H,24,25). The Hall–Kier alpha value is -3.05. The van der Waals surface area contributed by atoms with Gasteiger partial charge in [-0.25, -0.2) is 4.98 Å². The molecule has 5 nitrogen and oxygen atoms in total. The zero-order valence-electron chi connectivity index (χ0n) is 14.2. The van der Waals surface area contributed by atoms with E-state index in [0.29, 0.717) is 22.3 Å². The molecule has 1 heterocycles. The topological polar surface area (TPSA) is 63.2 Å². The smallest absolute Gasteiger partial charge is 0.262 e. The molecule has 0 saturated heterocycles. The van der Waals surface area contributed by atoms with Gasteiger partial charge in [0, 0.05) is 10.7 Å². The molecular weight excluding hydrogens is 350 g/mol. The molecule has 0 atom stereocenters. The van der Waals surface area contributed by atoms with Crippen LogP contribution in [0, 0.1) is 6.92 Å². The van der Waals surface area contributed by atoms with Crippen LogP contribution >= 0.6 is 11.6 Å². The van der Waals surface area contributed by atoms with Crippen molar-refractivity contribution in [1.29, 1.82) is 0 Å². The number of aromatic nitrogens is 1. The number of amides is 1. The predicted octanol–water partition coefficient (Wildman–Crippen LogP) is 4.80. The van der Waals surface area contributed by atoms with Crippen molar-refractivity contribution in [2.75, 3.05) is 17.2 Å². The van der Waals surface area contributed by atoms with Gasteiger partial charge in [-0.15, -0.1) is 0 Å². The maximum atomic E-state index is 12.0. The average molecular weight is 368 g/mol. The molecular formula is C20H18ClN3O2. The highest BCUT2D eigenvalue weighted by atomic mass is 35.5. The van der Waals surface area contributed by atoms with E-state index in [2.05, 4.69) is 15.6 Å². The molecule has 0 fully saturated rings. The van der Waals surface area contributed by atoms with E-state index in [1.54, 1.807) is 42.6 Å². The molecule has 6 heteroatoms. The van der Waals surface area contributed by atoms with E-state index in [-0.39, 0.29) is 12.5 Å². The fraction of sp³-hybridized carbons (Fsp3) is 0.100. The lowest BCUT2D eigenvalue weighted by Gasteiger charge is -2.09. The summed E-state index contributed by atoms with van der Waals surface area (Å²) in [7, 11) is 0. The molecule has 0 aliphatic carbocycles. The first kappa shape index (κ1) is 17.8. The fourth-order valence-corrected chi connectivity index (χ4v) is 2.33. The second kappa shape index (κ2) is 8.36. The number of carbonyl (C=O) groups is 1. The summed E-state index contributed by atoms with van der Waals surface area (Å²) < 4.78 is 5.40. The van der Waals surface area contributed by atoms with Crippen molar-refractivity contribution in [3.05, 3.63) is 77.4 Å². The largest absolute Gasteiger partial charge is 0.484 e. The Bertz CT molecular complexity index is 863. The SMILES string of the molecule is Cc1ccc(Nc2ccc(NC(=O)COc3ccc(Cl)cc3)cn2)cc1. The predicted molar refractivity (Wildman–Crippen MR) is 104 cm³/mol. The summed E-state index contributed by atoms with van der Waals surface area (Å²) in [6.45, 7) is 1.95. The van der Waals surface area contributed by atoms with E-state index in [9.17, 15) is 4.79 Å². The van der Waals surface area contributed by atoms with E-state index < -0.39 is 0 Å². The van der Waals surface area contributed by atoms with Crippen LogP contribution in [0.1, 0.15) is 5.56 Å². The highest BCUT2D eigenvalue weighted by Gasteiger charge is 2.05. The van der Waals surface area contributed by atoms with Crippen LogP contribution in [0.2, 0.25) is 5.02 Å². The lowest BCUT2D eigenvalue weighted by atomic mass is 10.2. The van der Waals surface area contributed by atoms with Gasteiger partial charge < -0.3 is 15.4 Å². The van der Waals surface area contributed by atoms with Gasteiger partial charge in [0.2, 0.25) is 0 Å². The van der Waals surface area contributed by atoms with Crippen LogP contribution < -0.4 is 15.4 Å². The van der Waals surface area contributed by atoms with Gasteiger partial charge in [-0.2, -0.15) is 0 Å². The summed E-state index contributed by atoms with van der Waals surface area (Å²) in [6.07, 6.45) is 1.59. The molecule has 1 aromatic heterocycles. The Morgan fingerprint density at radius 1 is 1.00 bits per heavy atom. The molecule has 132 valence electrons. The van der Waals surface area contributed by atoms with E-state index >= 15 is 0 Å². The first-order chi connectivity index (χ1) is 12.6. The molecule has 0 aliphatic heterocycles. The number of pyridine rings is 1. The molecule has 1 amide bonds. The Balaban J connectivity index is 1.50. The van der Waals surface area contributed by atoms with Gasteiger partial charge in [0.1, 0.15) is 11.6 Å². The van der Waals surface area contributed by atoms with Crippen LogP contribution in [0.15, 0.2) is 66.9 Å². The third-order valence-corrected chi connectivity index (χ3v) is 3.81. The molecule has 2 N–H and O–H groups in total. The van der Waals surface area contributed by atoms with E-state index in [0.717, 1.165) is 5.69 Å². The minimum atomic E-state index is -0.263. The van der Waals surface area contributed by atoms with Gasteiger partial charge in [-0.3, -0.25) is 4.79 Å². The Kier molecular flexibility index (Phi) is 5.71. The second-order valence-corrected chi connectivity index (χ2v) is 6.15. The van der Waals surface area contributed by atoms with Crippen molar-refractivity contribution < 1.29 is 9.53 Å². The monoisotopic (exact) mass is 367 g/mol. The summed E-state index contributed by atoms with van der Waals surface area (Å²) in [6, 6.07) is 18.4. The van der Waals surface area contributed by atoms with Crippen molar-refractivity contribution in [2.45, 2.75) is 6.92 Å². The second-order valence-electron chi connectivity index (χ2n) is 5.71. The average Bonchev–Trinajstić information content (AvgIpc) is 2.65. The summed E-state index contributed by atoms with van der Waals surface area (Å²) in [4.78, 5) is 16.3. The summed E-state index contributed by atoms with van der Waals surface area (Å²) in [5, 5.41) is 6.56. The highest BCUT2D eigenvalue weighted by molar-refractivity contribution is 6.30. The lowest BCUT2D eigenvalue weighted by Crippen LogP contribution is -2.20. The van der Waals surface area contributed by atoms with E-state index in [1.807, 2.05) is 31.2 Å². The normalized spacial score (nSPS) is 10.2. The molecule has 0 saturated carbocycles. The first-order valence-electron chi connectivity index (χ1n) is 8.06. The van der Waals surface area contributed by atoms with Crippen molar-refractivity contribution in [3.8, 4) is 5.75 Å². The zero-order valence-corrected chi connectivity index (χ0v) is 15.0. The van der Waals surface area contributed by atoms with Gasteiger partial charge in [0.25, 0.3) is 5.91 Å². The molecule has 26 heavy (non-hydrogen) atoms. The summed E-state index contributed by atoms with van der Waals surface area (Å²) in [5.74, 6) is 1.02. The number of aryl methyl sites for hydroxylation is 1. The van der Waals surface area contributed by atoms with Crippen molar-refractivity contribution in [2.24, 2.45) is 0 Å². The minimum absolute atomic E-state index is 0.0923. The third kappa shape index (κ3) is 5.22. The lowest BCUT2D eigenvalue weighted by molar-refractivity contribution is -0.118. The maximum Gasteiger partial charge on any atom is 0.262 e. The number of carbonyl (C=O) groups excluding carboxylic acids is 1. The van der Waals surface area contributed by atoms with Gasteiger partial charge in [-0.05, 0) is 55.5 Å². The Morgan fingerprint density at radius 2 is 1.69 bits per heavy atom. The Labute approximate surface area is 157 Å². The molecule has 3 aromatic rings. The minimum Gasteiger partial charge on any atom is -0.484 e. The van der Waals surface area contributed by atoms with E-state index in [4.69, 9.17) is 16.3 Å². The third-order valence-electron chi connectivity index (χ3n) is 3.55. The van der Waals surface area contributed by atoms with E-state index in [1.165, 1.54) is 5.56 Å². The number of benzene rings is 2. The summed E-state index contributed by atoms with van der Waals surface area (Å²) in [5.41, 5.74) is 2.75. The molecule has 0 radical (unpaired) electrons. The van der Waals surface area contributed by atoms with Crippen LogP contribution in [-0.2, 0) is 4.79 Å². The first-order valence-corrected chi connectivity index (χ1v) is 8.44. The van der Waals surface area contributed by atoms with Crippen LogP contribution in [0.25, 0.3) is 0 Å². The molecule has 3 rings (SSSR count). The van der Waals surface area contributed by atoms with Gasteiger partial charge in [0.15, 0.2) is 6.61 Å². The van der Waals surface area contributed by atoms with Crippen molar-refractivity contribution in [3.63, 3.8) is 0 Å². The highest BCUT2D eigenvalue weighted by Crippen LogP contribution is 2.17. The molecule has 0 spiro atoms. The molecule has 0 bridgehead atoms. The number of nitrogens with zero attached hydrogens (tertiary/aromatic N) is 1. The molecule has 2 aromatic carbocycles. The van der Waals surface area contributed by atoms with Crippen LogP contribution in [0.4, 0.5) is 17.2 Å². The Morgan fingerprint density at radius 3 is 2.35 bits per heavy atom. The number of hydrogen-bond donors (Lipinski definition) is 2. The maximum absolute atomic E-state index is 12.0. The summed E-state index contributed by atoms with van der Waals surface area (Å²) >= 11 is 5.81. The zero-order chi connectivity index (χ0) is 18.4. The molecule has 0 unspecified atom stereocenters. The number of hydrogen-bond acceptors (Lipinski definition) is 4. The van der Waals surface area contributed by atoms with Gasteiger partial charge >= 0.3 is 0 Å². The van der Waals surface area contributed by atoms with Gasteiger partial charge in [0.05, 0.1) is 11.9 Å². The quantitative estimate of drug-likeness (QED) is 0.656. The van der Waals surface area contributed by atoms with Gasteiger partial charge in [-0.1, -0.05) is 29.3 Å². The number of halogens is 1. The molecule has 0 aliphatic rings. The fourth-order valence-electron chi connectivity index (χ4n) is 2.20. The van der Waals surface area contributed by atoms with Crippen LogP contribution in [0.5, 0.6) is 5.75 Å². The number of nitrogens with one attached hydrogen (secondary N) is 2.